The first-order valence-corrected chi connectivity index (χ1v) is 8.09. The van der Waals surface area contributed by atoms with Crippen LogP contribution in [0.25, 0.3) is 6.08 Å². The van der Waals surface area contributed by atoms with Gasteiger partial charge in [0.05, 0.1) is 6.61 Å². The smallest absolute Gasteiger partial charge is 0.119 e. The van der Waals surface area contributed by atoms with Crippen LogP contribution in [0.3, 0.4) is 0 Å². The Balaban J connectivity index is 2.30. The molecule has 0 spiro atoms. The van der Waals surface area contributed by atoms with Crippen LogP contribution in [0.5, 0.6) is 5.75 Å². The lowest BCUT2D eigenvalue weighted by Crippen LogP contribution is -2.33. The molecule has 0 bridgehead atoms. The summed E-state index contributed by atoms with van der Waals surface area (Å²) in [5, 5.41) is 0. The summed E-state index contributed by atoms with van der Waals surface area (Å²) >= 11 is 0. The molecule has 1 rings (SSSR count). The Kier molecular flexibility index (Phi) is 8.14. The third-order valence-electron chi connectivity index (χ3n) is 3.25. The van der Waals surface area contributed by atoms with Crippen molar-refractivity contribution >= 4 is 6.08 Å². The first kappa shape index (κ1) is 17.8. The standard InChI is InChI=1S/C19H31NO/c1-6-18-8-10-19(11-9-18)21-13-7-12-20(14-16(2)3)15-17(4)5/h6,8-11,16-17H,1,7,12-15H2,2-5H3. The van der Waals surface area contributed by atoms with Gasteiger partial charge in [-0.25, -0.2) is 0 Å². The minimum absolute atomic E-state index is 0.719. The second-order valence-electron chi connectivity index (χ2n) is 6.52. The van der Waals surface area contributed by atoms with Gasteiger partial charge in [0.2, 0.25) is 0 Å². The van der Waals surface area contributed by atoms with Crippen molar-refractivity contribution in [3.05, 3.63) is 36.4 Å². The molecule has 0 amide bonds. The van der Waals surface area contributed by atoms with E-state index in [1.54, 1.807) is 0 Å². The molecule has 0 unspecified atom stereocenters. The third kappa shape index (κ3) is 7.91. The number of hydrogen-bond donors (Lipinski definition) is 0. The summed E-state index contributed by atoms with van der Waals surface area (Å²) in [5.41, 5.74) is 1.13. The second kappa shape index (κ2) is 9.62. The van der Waals surface area contributed by atoms with Crippen molar-refractivity contribution < 1.29 is 4.74 Å². The van der Waals surface area contributed by atoms with Crippen molar-refractivity contribution in [2.24, 2.45) is 11.8 Å². The van der Waals surface area contributed by atoms with Gasteiger partial charge in [0.1, 0.15) is 5.75 Å². The first-order chi connectivity index (χ1) is 10.0. The molecule has 0 aliphatic rings. The maximum absolute atomic E-state index is 5.80. The summed E-state index contributed by atoms with van der Waals surface area (Å²) in [6, 6.07) is 8.09. The summed E-state index contributed by atoms with van der Waals surface area (Å²) in [6.07, 6.45) is 2.92. The third-order valence-corrected chi connectivity index (χ3v) is 3.25. The average molecular weight is 289 g/mol. The van der Waals surface area contributed by atoms with Gasteiger partial charge in [0.15, 0.2) is 0 Å². The molecule has 0 N–H and O–H groups in total. The van der Waals surface area contributed by atoms with Crippen LogP contribution in [0.4, 0.5) is 0 Å². The first-order valence-electron chi connectivity index (χ1n) is 8.09. The van der Waals surface area contributed by atoms with Gasteiger partial charge in [-0.05, 0) is 36.0 Å². The minimum Gasteiger partial charge on any atom is -0.494 e. The Bertz CT molecular complexity index is 385. The SMILES string of the molecule is C=Cc1ccc(OCCCN(CC(C)C)CC(C)C)cc1. The maximum atomic E-state index is 5.80. The van der Waals surface area contributed by atoms with Crippen LogP contribution in [0.15, 0.2) is 30.8 Å². The van der Waals surface area contributed by atoms with E-state index in [0.29, 0.717) is 0 Å². The zero-order valence-electron chi connectivity index (χ0n) is 14.1. The van der Waals surface area contributed by atoms with E-state index < -0.39 is 0 Å². The van der Waals surface area contributed by atoms with E-state index in [-0.39, 0.29) is 0 Å². The predicted molar refractivity (Wildman–Crippen MR) is 92.8 cm³/mol. The Hall–Kier alpha value is -1.28. The highest BCUT2D eigenvalue weighted by Gasteiger charge is 2.09. The normalized spacial score (nSPS) is 11.4. The lowest BCUT2D eigenvalue weighted by Gasteiger charge is -2.26. The van der Waals surface area contributed by atoms with Crippen LogP contribution >= 0.6 is 0 Å². The fourth-order valence-electron chi connectivity index (χ4n) is 2.47. The molecule has 0 atom stereocenters. The number of benzene rings is 1. The fourth-order valence-corrected chi connectivity index (χ4v) is 2.47. The maximum Gasteiger partial charge on any atom is 0.119 e. The summed E-state index contributed by atoms with van der Waals surface area (Å²) in [5.74, 6) is 2.38. The molecule has 0 heterocycles. The molecule has 1 aromatic rings. The summed E-state index contributed by atoms with van der Waals surface area (Å²) < 4.78 is 5.80. The van der Waals surface area contributed by atoms with E-state index in [4.69, 9.17) is 4.74 Å². The fraction of sp³-hybridized carbons (Fsp3) is 0.579. The van der Waals surface area contributed by atoms with E-state index in [9.17, 15) is 0 Å². The largest absolute Gasteiger partial charge is 0.494 e. The average Bonchev–Trinajstić information content (AvgIpc) is 2.43. The molecular formula is C19H31NO. The van der Waals surface area contributed by atoms with Crippen molar-refractivity contribution in [2.45, 2.75) is 34.1 Å². The van der Waals surface area contributed by atoms with Crippen molar-refractivity contribution in [2.75, 3.05) is 26.2 Å². The molecule has 2 nitrogen and oxygen atoms in total. The molecule has 0 radical (unpaired) electrons. The van der Waals surface area contributed by atoms with E-state index in [0.717, 1.165) is 42.7 Å². The van der Waals surface area contributed by atoms with Gasteiger partial charge in [-0.2, -0.15) is 0 Å². The molecule has 2 heteroatoms. The van der Waals surface area contributed by atoms with Crippen LogP contribution in [-0.2, 0) is 0 Å². The van der Waals surface area contributed by atoms with E-state index >= 15 is 0 Å². The zero-order valence-corrected chi connectivity index (χ0v) is 14.1. The number of hydrogen-bond acceptors (Lipinski definition) is 2. The van der Waals surface area contributed by atoms with Crippen LogP contribution in [-0.4, -0.2) is 31.1 Å². The molecule has 118 valence electrons. The number of rotatable bonds is 10. The van der Waals surface area contributed by atoms with Crippen LogP contribution < -0.4 is 4.74 Å². The van der Waals surface area contributed by atoms with Gasteiger partial charge in [-0.3, -0.25) is 0 Å². The predicted octanol–water partition coefficient (Wildman–Crippen LogP) is 4.71. The topological polar surface area (TPSA) is 12.5 Å². The summed E-state index contributed by atoms with van der Waals surface area (Å²) in [7, 11) is 0. The lowest BCUT2D eigenvalue weighted by molar-refractivity contribution is 0.198. The summed E-state index contributed by atoms with van der Waals surface area (Å²) in [6.45, 7) is 17.1. The number of nitrogens with zero attached hydrogens (tertiary/aromatic N) is 1. The van der Waals surface area contributed by atoms with Gasteiger partial charge in [0.25, 0.3) is 0 Å². The highest BCUT2D eigenvalue weighted by atomic mass is 16.5. The van der Waals surface area contributed by atoms with Crippen LogP contribution in [0, 0.1) is 11.8 Å². The molecule has 0 fully saturated rings. The second-order valence-corrected chi connectivity index (χ2v) is 6.52. The Morgan fingerprint density at radius 3 is 2.10 bits per heavy atom. The van der Waals surface area contributed by atoms with Gasteiger partial charge in [-0.15, -0.1) is 0 Å². The molecule has 1 aromatic carbocycles. The van der Waals surface area contributed by atoms with E-state index in [1.165, 1.54) is 13.1 Å². The lowest BCUT2D eigenvalue weighted by atomic mass is 10.1. The molecule has 0 saturated carbocycles. The molecular weight excluding hydrogens is 258 g/mol. The van der Waals surface area contributed by atoms with Gasteiger partial charge >= 0.3 is 0 Å². The molecule has 0 aliphatic carbocycles. The van der Waals surface area contributed by atoms with Crippen molar-refractivity contribution in [1.82, 2.24) is 4.90 Å². The molecule has 0 aliphatic heterocycles. The zero-order chi connectivity index (χ0) is 15.7. The molecule has 0 aromatic heterocycles. The minimum atomic E-state index is 0.719. The quantitative estimate of drug-likeness (QED) is 0.578. The van der Waals surface area contributed by atoms with Gasteiger partial charge in [0, 0.05) is 19.6 Å². The highest BCUT2D eigenvalue weighted by Crippen LogP contribution is 2.13. The Morgan fingerprint density at radius 2 is 1.62 bits per heavy atom. The van der Waals surface area contributed by atoms with Crippen molar-refractivity contribution in [3.63, 3.8) is 0 Å². The molecule has 0 saturated heterocycles. The Morgan fingerprint density at radius 1 is 1.05 bits per heavy atom. The van der Waals surface area contributed by atoms with Crippen molar-refractivity contribution in [1.29, 1.82) is 0 Å². The Labute approximate surface area is 130 Å². The summed E-state index contributed by atoms with van der Waals surface area (Å²) in [4.78, 5) is 2.56. The van der Waals surface area contributed by atoms with Crippen LogP contribution in [0.2, 0.25) is 0 Å². The van der Waals surface area contributed by atoms with Crippen molar-refractivity contribution in [3.8, 4) is 5.75 Å². The van der Waals surface area contributed by atoms with Gasteiger partial charge < -0.3 is 9.64 Å². The molecule has 21 heavy (non-hydrogen) atoms. The highest BCUT2D eigenvalue weighted by molar-refractivity contribution is 5.48. The van der Waals surface area contributed by atoms with Gasteiger partial charge in [-0.1, -0.05) is 52.5 Å². The van der Waals surface area contributed by atoms with E-state index in [2.05, 4.69) is 39.2 Å². The monoisotopic (exact) mass is 289 g/mol. The van der Waals surface area contributed by atoms with E-state index in [1.807, 2.05) is 30.3 Å². The van der Waals surface area contributed by atoms with Crippen LogP contribution in [0.1, 0.15) is 39.7 Å². The number of ether oxygens (including phenoxy) is 1.